The zero-order valence-electron chi connectivity index (χ0n) is 14.8. The van der Waals surface area contributed by atoms with Crippen LogP contribution in [0, 0.1) is 6.92 Å². The minimum atomic E-state index is -4.77. The summed E-state index contributed by atoms with van der Waals surface area (Å²) in [6, 6.07) is 6.15. The van der Waals surface area contributed by atoms with Crippen LogP contribution in [0.2, 0.25) is 0 Å². The van der Waals surface area contributed by atoms with Crippen LogP contribution >= 0.6 is 0 Å². The third-order valence-corrected chi connectivity index (χ3v) is 4.00. The highest BCUT2D eigenvalue weighted by Gasteiger charge is 2.40. The molecular weight excluding hydrogens is 377 g/mol. The van der Waals surface area contributed by atoms with Crippen molar-refractivity contribution in [1.29, 1.82) is 0 Å². The molecule has 0 aromatic carbocycles. The maximum atomic E-state index is 12.8. The van der Waals surface area contributed by atoms with Gasteiger partial charge in [-0.15, -0.1) is 0 Å². The van der Waals surface area contributed by atoms with Crippen LogP contribution in [0.4, 0.5) is 13.2 Å². The average molecular weight is 394 g/mol. The molecule has 0 aliphatic carbocycles. The number of aromatic nitrogens is 3. The molecule has 0 bridgehead atoms. The number of fused-ring (bicyclic) bond motifs is 1. The normalized spacial score (nSPS) is 12.8. The summed E-state index contributed by atoms with van der Waals surface area (Å²) >= 11 is 0. The Morgan fingerprint density at radius 3 is 2.79 bits per heavy atom. The molecule has 0 saturated heterocycles. The zero-order valence-corrected chi connectivity index (χ0v) is 14.8. The van der Waals surface area contributed by atoms with E-state index in [1.165, 1.54) is 17.5 Å². The Morgan fingerprint density at radius 1 is 1.36 bits per heavy atom. The second-order valence-electron chi connectivity index (χ2n) is 6.01. The predicted molar refractivity (Wildman–Crippen MR) is 92.9 cm³/mol. The fourth-order valence-corrected chi connectivity index (χ4v) is 2.62. The molecule has 3 aromatic heterocycles. The van der Waals surface area contributed by atoms with Crippen LogP contribution in [0.3, 0.4) is 0 Å². The van der Waals surface area contributed by atoms with E-state index < -0.39 is 24.7 Å². The summed E-state index contributed by atoms with van der Waals surface area (Å²) in [5.74, 6) is -0.576. The van der Waals surface area contributed by atoms with Crippen LogP contribution in [0.25, 0.3) is 5.52 Å². The molecule has 3 rings (SSSR count). The van der Waals surface area contributed by atoms with Crippen molar-refractivity contribution in [3.63, 3.8) is 0 Å². The van der Waals surface area contributed by atoms with Crippen LogP contribution in [-0.2, 0) is 6.61 Å². The molecule has 7 nitrogen and oxygen atoms in total. The number of alkyl halides is 3. The molecule has 0 fully saturated rings. The monoisotopic (exact) mass is 394 g/mol. The first-order valence-corrected chi connectivity index (χ1v) is 8.29. The SMILES string of the molecule is Cc1nn2ccc(OCc3ccccn3)cc2c1C(=O)NC(CO)C(F)(F)F. The van der Waals surface area contributed by atoms with E-state index in [1.807, 2.05) is 6.07 Å². The summed E-state index contributed by atoms with van der Waals surface area (Å²) in [6.07, 6.45) is -1.60. The molecule has 1 unspecified atom stereocenters. The van der Waals surface area contributed by atoms with Gasteiger partial charge in [-0.25, -0.2) is 4.52 Å². The predicted octanol–water partition coefficient (Wildman–Crippen LogP) is 2.27. The van der Waals surface area contributed by atoms with Crippen molar-refractivity contribution in [1.82, 2.24) is 19.9 Å². The van der Waals surface area contributed by atoms with Gasteiger partial charge in [-0.1, -0.05) is 6.07 Å². The third-order valence-electron chi connectivity index (χ3n) is 4.00. The average Bonchev–Trinajstić information content (AvgIpc) is 2.99. The second kappa shape index (κ2) is 7.85. The van der Waals surface area contributed by atoms with E-state index in [2.05, 4.69) is 10.1 Å². The van der Waals surface area contributed by atoms with Crippen LogP contribution < -0.4 is 10.1 Å². The highest BCUT2D eigenvalue weighted by atomic mass is 19.4. The lowest BCUT2D eigenvalue weighted by atomic mass is 10.1. The van der Waals surface area contributed by atoms with Gasteiger partial charge >= 0.3 is 6.18 Å². The maximum Gasteiger partial charge on any atom is 0.410 e. The van der Waals surface area contributed by atoms with E-state index in [0.717, 1.165) is 0 Å². The van der Waals surface area contributed by atoms with Crippen LogP contribution in [0.1, 0.15) is 21.7 Å². The largest absolute Gasteiger partial charge is 0.487 e. The van der Waals surface area contributed by atoms with Gasteiger partial charge in [0.25, 0.3) is 5.91 Å². The second-order valence-corrected chi connectivity index (χ2v) is 6.01. The molecule has 0 aliphatic rings. The highest BCUT2D eigenvalue weighted by Crippen LogP contribution is 2.24. The van der Waals surface area contributed by atoms with Gasteiger partial charge in [-0.2, -0.15) is 18.3 Å². The fraction of sp³-hybridized carbons (Fsp3) is 0.278. The summed E-state index contributed by atoms with van der Waals surface area (Å²) in [4.78, 5) is 16.6. The molecule has 148 valence electrons. The number of nitrogens with one attached hydrogen (secondary N) is 1. The Kier molecular flexibility index (Phi) is 5.50. The molecule has 1 atom stereocenters. The van der Waals surface area contributed by atoms with E-state index in [4.69, 9.17) is 9.84 Å². The first kappa shape index (κ1) is 19.6. The number of carbonyl (C=O) groups is 1. The molecular formula is C18H17F3N4O3. The molecule has 3 heterocycles. The van der Waals surface area contributed by atoms with Crippen molar-refractivity contribution in [3.05, 3.63) is 59.7 Å². The molecule has 0 radical (unpaired) electrons. The maximum absolute atomic E-state index is 12.8. The molecule has 10 heteroatoms. The van der Waals surface area contributed by atoms with Crippen molar-refractivity contribution in [2.75, 3.05) is 6.61 Å². The van der Waals surface area contributed by atoms with Gasteiger partial charge < -0.3 is 15.2 Å². The number of nitrogens with zero attached hydrogens (tertiary/aromatic N) is 3. The number of aliphatic hydroxyl groups is 1. The zero-order chi connectivity index (χ0) is 20.3. The van der Waals surface area contributed by atoms with Crippen LogP contribution in [-0.4, -0.2) is 44.4 Å². The summed E-state index contributed by atoms with van der Waals surface area (Å²) in [6.45, 7) is 0.441. The smallest absolute Gasteiger partial charge is 0.410 e. The highest BCUT2D eigenvalue weighted by molar-refractivity contribution is 6.02. The first-order chi connectivity index (χ1) is 13.3. The standard InChI is InChI=1S/C18H17F3N4O3/c1-11-16(17(27)23-15(9-26)18(19,20)21)14-8-13(5-7-25(14)24-11)28-10-12-4-2-3-6-22-12/h2-8,15,26H,9-10H2,1H3,(H,23,27). The fourth-order valence-electron chi connectivity index (χ4n) is 2.62. The van der Waals surface area contributed by atoms with Gasteiger partial charge in [-0.3, -0.25) is 9.78 Å². The number of aryl methyl sites for hydroxylation is 1. The van der Waals surface area contributed by atoms with Crippen molar-refractivity contribution < 1.29 is 27.8 Å². The topological polar surface area (TPSA) is 88.8 Å². The lowest BCUT2D eigenvalue weighted by molar-refractivity contribution is -0.161. The summed E-state index contributed by atoms with van der Waals surface area (Å²) in [5.41, 5.74) is 1.21. The minimum absolute atomic E-state index is 0.0222. The Labute approximate surface area is 157 Å². The van der Waals surface area contributed by atoms with Crippen LogP contribution in [0.15, 0.2) is 42.7 Å². The van der Waals surface area contributed by atoms with Crippen molar-refractivity contribution in [3.8, 4) is 5.75 Å². The van der Waals surface area contributed by atoms with Gasteiger partial charge in [0.1, 0.15) is 18.4 Å². The third kappa shape index (κ3) is 4.22. The Hall–Kier alpha value is -3.14. The van der Waals surface area contributed by atoms with E-state index in [9.17, 15) is 18.0 Å². The van der Waals surface area contributed by atoms with Gasteiger partial charge in [0, 0.05) is 18.5 Å². The molecule has 0 aliphatic heterocycles. The lowest BCUT2D eigenvalue weighted by Crippen LogP contribution is -2.47. The molecule has 2 N–H and O–H groups in total. The lowest BCUT2D eigenvalue weighted by Gasteiger charge is -2.19. The Balaban J connectivity index is 1.85. The molecule has 1 amide bonds. The molecule has 0 spiro atoms. The number of amides is 1. The number of ether oxygens (including phenoxy) is 1. The van der Waals surface area contributed by atoms with Crippen molar-refractivity contribution in [2.24, 2.45) is 0 Å². The number of hydrogen-bond donors (Lipinski definition) is 2. The summed E-state index contributed by atoms with van der Waals surface area (Å²) in [5, 5.41) is 14.9. The number of aliphatic hydroxyl groups excluding tert-OH is 1. The Bertz CT molecular complexity index is 973. The first-order valence-electron chi connectivity index (χ1n) is 8.29. The number of pyridine rings is 2. The Morgan fingerprint density at radius 2 is 2.14 bits per heavy atom. The van der Waals surface area contributed by atoms with Gasteiger partial charge in [0.15, 0.2) is 0 Å². The number of hydrogen-bond acceptors (Lipinski definition) is 5. The molecule has 28 heavy (non-hydrogen) atoms. The van der Waals surface area contributed by atoms with E-state index in [-0.39, 0.29) is 23.4 Å². The molecule has 0 saturated carbocycles. The van der Waals surface area contributed by atoms with Gasteiger partial charge in [0.05, 0.1) is 29.1 Å². The van der Waals surface area contributed by atoms with E-state index in [1.54, 1.807) is 35.9 Å². The minimum Gasteiger partial charge on any atom is -0.487 e. The number of carbonyl (C=O) groups excluding carboxylic acids is 1. The quantitative estimate of drug-likeness (QED) is 0.670. The summed E-state index contributed by atoms with van der Waals surface area (Å²) in [7, 11) is 0. The van der Waals surface area contributed by atoms with E-state index >= 15 is 0 Å². The van der Waals surface area contributed by atoms with Crippen LogP contribution in [0.5, 0.6) is 5.75 Å². The van der Waals surface area contributed by atoms with Crippen molar-refractivity contribution >= 4 is 11.4 Å². The van der Waals surface area contributed by atoms with Gasteiger partial charge in [0.2, 0.25) is 0 Å². The van der Waals surface area contributed by atoms with Gasteiger partial charge in [-0.05, 0) is 25.1 Å². The number of halogens is 3. The van der Waals surface area contributed by atoms with E-state index in [0.29, 0.717) is 11.4 Å². The number of rotatable bonds is 6. The van der Waals surface area contributed by atoms with Crippen molar-refractivity contribution in [2.45, 2.75) is 25.7 Å². The molecule has 3 aromatic rings. The summed E-state index contributed by atoms with van der Waals surface area (Å²) < 4.78 is 45.5.